The lowest BCUT2D eigenvalue weighted by Crippen LogP contribution is -2.44. The first-order valence-corrected chi connectivity index (χ1v) is 14.4. The summed E-state index contributed by atoms with van der Waals surface area (Å²) in [7, 11) is 1.92. The zero-order valence-corrected chi connectivity index (χ0v) is 25.6. The molecular weight excluding hydrogens is 561 g/mol. The van der Waals surface area contributed by atoms with E-state index >= 15 is 4.39 Å². The number of halogens is 1. The van der Waals surface area contributed by atoms with E-state index in [1.165, 1.54) is 6.33 Å². The Morgan fingerprint density at radius 1 is 1.07 bits per heavy atom. The highest BCUT2D eigenvalue weighted by Gasteiger charge is 2.29. The number of hydrogen-bond donors (Lipinski definition) is 1. The zero-order chi connectivity index (χ0) is 31.2. The van der Waals surface area contributed by atoms with Gasteiger partial charge in [0.25, 0.3) is 0 Å². The molecule has 10 nitrogen and oxygen atoms in total. The third-order valence-corrected chi connectivity index (χ3v) is 7.53. The largest absolute Gasteiger partial charge is 0.457 e. The van der Waals surface area contributed by atoms with Gasteiger partial charge in [0.05, 0.1) is 40.8 Å². The Morgan fingerprint density at radius 2 is 1.89 bits per heavy atom. The molecule has 1 N–H and O–H groups in total. The fourth-order valence-corrected chi connectivity index (χ4v) is 5.11. The van der Waals surface area contributed by atoms with Crippen LogP contribution in [0.25, 0.3) is 27.6 Å². The highest BCUT2D eigenvalue weighted by atomic mass is 19.1. The van der Waals surface area contributed by atoms with Crippen LogP contribution in [0.3, 0.4) is 0 Å². The number of imidazole rings is 1. The van der Waals surface area contributed by atoms with Crippen molar-refractivity contribution in [3.63, 3.8) is 0 Å². The Morgan fingerprint density at radius 3 is 2.68 bits per heavy atom. The smallest absolute Gasteiger partial charge is 0.410 e. The van der Waals surface area contributed by atoms with Crippen molar-refractivity contribution in [3.8, 4) is 11.5 Å². The minimum Gasteiger partial charge on any atom is -0.457 e. The first-order chi connectivity index (χ1) is 21.0. The van der Waals surface area contributed by atoms with E-state index < -0.39 is 11.4 Å². The molecule has 1 aliphatic heterocycles. The molecule has 6 rings (SSSR count). The van der Waals surface area contributed by atoms with Crippen molar-refractivity contribution in [2.24, 2.45) is 7.05 Å². The Labute approximate surface area is 254 Å². The van der Waals surface area contributed by atoms with Crippen LogP contribution in [0.2, 0.25) is 0 Å². The number of carbonyl (C=O) groups excluding carboxylic acids is 1. The van der Waals surface area contributed by atoms with Crippen LogP contribution in [-0.4, -0.2) is 53.7 Å². The first kappa shape index (κ1) is 29.0. The summed E-state index contributed by atoms with van der Waals surface area (Å²) in [5.41, 5.74) is 4.39. The molecular formula is C33H34FN7O3. The molecule has 0 spiro atoms. The monoisotopic (exact) mass is 595 g/mol. The summed E-state index contributed by atoms with van der Waals surface area (Å²) < 4.78 is 29.2. The van der Waals surface area contributed by atoms with Crippen LogP contribution in [0.1, 0.15) is 45.4 Å². The summed E-state index contributed by atoms with van der Waals surface area (Å²) in [4.78, 5) is 32.5. The summed E-state index contributed by atoms with van der Waals surface area (Å²) in [6.45, 7) is 9.56. The van der Waals surface area contributed by atoms with Crippen molar-refractivity contribution >= 4 is 45.2 Å². The Kier molecular flexibility index (Phi) is 7.40. The predicted octanol–water partition coefficient (Wildman–Crippen LogP) is 7.31. The Bertz CT molecular complexity index is 1930. The number of fused-ring (bicyclic) bond motifs is 2. The maximum absolute atomic E-state index is 15.7. The van der Waals surface area contributed by atoms with E-state index in [-0.39, 0.29) is 17.8 Å². The molecule has 0 saturated carbocycles. The minimum atomic E-state index is -0.594. The number of pyridine rings is 1. The number of aromatic nitrogens is 5. The van der Waals surface area contributed by atoms with Gasteiger partial charge in [-0.15, -0.1) is 0 Å². The third-order valence-electron chi connectivity index (χ3n) is 7.53. The van der Waals surface area contributed by atoms with E-state index in [2.05, 4.69) is 26.3 Å². The average Bonchev–Trinajstić information content (AvgIpc) is 3.35. The van der Waals surface area contributed by atoms with Crippen molar-refractivity contribution in [2.75, 3.05) is 11.9 Å². The average molecular weight is 596 g/mol. The molecule has 3 aromatic heterocycles. The summed E-state index contributed by atoms with van der Waals surface area (Å²) in [6, 6.07) is 12.6. The molecule has 1 aliphatic rings. The molecule has 0 radical (unpaired) electrons. The van der Waals surface area contributed by atoms with Gasteiger partial charge in [0.2, 0.25) is 0 Å². The second-order valence-corrected chi connectivity index (χ2v) is 12.0. The van der Waals surface area contributed by atoms with Gasteiger partial charge in [-0.1, -0.05) is 6.08 Å². The molecule has 4 heterocycles. The second-order valence-electron chi connectivity index (χ2n) is 12.0. The standard InChI is InChI=1S/C33H34FN7O3/c1-19-7-8-21(16-41(19)32(42)44-33(3,4)5)23-10-11-25-30(38-23)31(36-17-35-25)39-24-12-14-28(20(2)29(24)34)43-22-9-13-27-26(15-22)37-18-40(27)6/h8-15,17-19H,7,16H2,1-6H3,(H,35,36,39)/t19-/m1/s1. The number of nitrogens with one attached hydrogen (secondary N) is 1. The van der Waals surface area contributed by atoms with E-state index in [1.54, 1.807) is 30.3 Å². The van der Waals surface area contributed by atoms with Gasteiger partial charge in [0, 0.05) is 24.7 Å². The normalized spacial score (nSPS) is 15.4. The fraction of sp³-hybridized carbons (Fsp3) is 0.303. The highest BCUT2D eigenvalue weighted by Crippen LogP contribution is 2.34. The molecule has 0 bridgehead atoms. The van der Waals surface area contributed by atoms with Gasteiger partial charge < -0.3 is 24.3 Å². The minimum absolute atomic E-state index is 0.00862. The number of aryl methyl sites for hydroxylation is 1. The van der Waals surface area contributed by atoms with E-state index in [0.717, 1.165) is 16.6 Å². The van der Waals surface area contributed by atoms with Gasteiger partial charge >= 0.3 is 6.09 Å². The highest BCUT2D eigenvalue weighted by molar-refractivity contribution is 5.89. The second kappa shape index (κ2) is 11.2. The van der Waals surface area contributed by atoms with Gasteiger partial charge in [-0.25, -0.2) is 29.1 Å². The van der Waals surface area contributed by atoms with E-state index in [0.29, 0.717) is 52.6 Å². The summed E-state index contributed by atoms with van der Waals surface area (Å²) in [5, 5.41) is 3.10. The van der Waals surface area contributed by atoms with Crippen molar-refractivity contribution in [2.45, 2.75) is 52.7 Å². The molecule has 0 fully saturated rings. The van der Waals surface area contributed by atoms with Crippen molar-refractivity contribution in [3.05, 3.63) is 78.3 Å². The molecule has 5 aromatic rings. The van der Waals surface area contributed by atoms with Crippen molar-refractivity contribution in [1.29, 1.82) is 0 Å². The Balaban J connectivity index is 1.25. The molecule has 44 heavy (non-hydrogen) atoms. The summed E-state index contributed by atoms with van der Waals surface area (Å²) in [5.74, 6) is 0.846. The van der Waals surface area contributed by atoms with Crippen LogP contribution in [0, 0.1) is 12.7 Å². The van der Waals surface area contributed by atoms with E-state index in [4.69, 9.17) is 14.5 Å². The summed E-state index contributed by atoms with van der Waals surface area (Å²) in [6.07, 6.45) is 5.54. The lowest BCUT2D eigenvalue weighted by atomic mass is 10.0. The molecule has 0 saturated heterocycles. The SMILES string of the molecule is Cc1c(Oc2ccc3c(c2)ncn3C)ccc(Nc2ncnc3ccc(C4=CC[C@@H](C)N(C(=O)OC(C)(C)C)C4)nc23)c1F. The topological polar surface area (TPSA) is 107 Å². The number of hydrogen-bond acceptors (Lipinski definition) is 8. The molecule has 1 amide bonds. The maximum atomic E-state index is 15.7. The number of amides is 1. The predicted molar refractivity (Wildman–Crippen MR) is 168 cm³/mol. The number of rotatable bonds is 5. The molecule has 2 aromatic carbocycles. The van der Waals surface area contributed by atoms with E-state index in [1.807, 2.05) is 69.6 Å². The molecule has 0 unspecified atom stereocenters. The van der Waals surface area contributed by atoms with Gasteiger partial charge in [-0.3, -0.25) is 0 Å². The van der Waals surface area contributed by atoms with Crippen LogP contribution < -0.4 is 10.1 Å². The van der Waals surface area contributed by atoms with Gasteiger partial charge in [-0.2, -0.15) is 0 Å². The molecule has 226 valence electrons. The van der Waals surface area contributed by atoms with Crippen LogP contribution in [-0.2, 0) is 11.8 Å². The van der Waals surface area contributed by atoms with E-state index in [9.17, 15) is 4.79 Å². The Hall–Kier alpha value is -5.06. The number of nitrogens with zero attached hydrogens (tertiary/aromatic N) is 6. The van der Waals surface area contributed by atoms with Crippen LogP contribution in [0.5, 0.6) is 11.5 Å². The third kappa shape index (κ3) is 5.77. The first-order valence-electron chi connectivity index (χ1n) is 14.4. The molecule has 11 heteroatoms. The molecule has 1 atom stereocenters. The quantitative estimate of drug-likeness (QED) is 0.225. The maximum Gasteiger partial charge on any atom is 0.410 e. The van der Waals surface area contributed by atoms with Crippen molar-refractivity contribution < 1.29 is 18.7 Å². The van der Waals surface area contributed by atoms with Gasteiger partial charge in [0.15, 0.2) is 11.6 Å². The number of carbonyl (C=O) groups is 1. The molecule has 0 aliphatic carbocycles. The van der Waals surface area contributed by atoms with Crippen molar-refractivity contribution in [1.82, 2.24) is 29.4 Å². The van der Waals surface area contributed by atoms with Crippen LogP contribution >= 0.6 is 0 Å². The van der Waals surface area contributed by atoms with Crippen LogP contribution in [0.15, 0.2) is 61.2 Å². The van der Waals surface area contributed by atoms with Gasteiger partial charge in [-0.05, 0) is 83.0 Å². The number of ether oxygens (including phenoxy) is 2. The fourth-order valence-electron chi connectivity index (χ4n) is 5.11. The number of benzene rings is 2. The summed E-state index contributed by atoms with van der Waals surface area (Å²) >= 11 is 0. The zero-order valence-electron chi connectivity index (χ0n) is 25.6. The lowest BCUT2D eigenvalue weighted by Gasteiger charge is -2.34. The lowest BCUT2D eigenvalue weighted by molar-refractivity contribution is 0.0201. The van der Waals surface area contributed by atoms with Crippen LogP contribution in [0.4, 0.5) is 20.7 Å². The number of anilines is 2. The van der Waals surface area contributed by atoms with Gasteiger partial charge in [0.1, 0.15) is 28.9 Å².